The van der Waals surface area contributed by atoms with Gasteiger partial charge < -0.3 is 25.5 Å². The molecule has 4 aromatic rings. The molecule has 43 heavy (non-hydrogen) atoms. The molecule has 2 heterocycles. The van der Waals surface area contributed by atoms with Crippen LogP contribution in [0, 0.1) is 24.1 Å². The number of aliphatic hydroxyl groups is 1. The molecule has 0 bridgehead atoms. The highest BCUT2D eigenvalue weighted by atomic mass is 32.2. The molecule has 0 amide bonds. The number of nitrogens with one attached hydrogen (secondary N) is 2. The van der Waals surface area contributed by atoms with Gasteiger partial charge in [0.15, 0.2) is 11.6 Å². The van der Waals surface area contributed by atoms with Crippen LogP contribution >= 0.6 is 0 Å². The molecule has 1 saturated heterocycles. The first-order chi connectivity index (χ1) is 20.9. The van der Waals surface area contributed by atoms with E-state index in [1.165, 1.54) is 0 Å². The lowest BCUT2D eigenvalue weighted by Crippen LogP contribution is -2.43. The Morgan fingerprint density at radius 2 is 1.91 bits per heavy atom. The molecule has 1 aliphatic heterocycles. The summed E-state index contributed by atoms with van der Waals surface area (Å²) in [6.07, 6.45) is 1.07. The van der Waals surface area contributed by atoms with Crippen LogP contribution in [0.25, 0.3) is 0 Å². The fourth-order valence-corrected chi connectivity index (χ4v) is 5.67. The molecule has 1 fully saturated rings. The minimum atomic E-state index is -2.66. The van der Waals surface area contributed by atoms with Gasteiger partial charge in [-0.3, -0.25) is 0 Å². The Labute approximate surface area is 251 Å². The second-order valence-corrected chi connectivity index (χ2v) is 11.2. The SMILES string of the molecule is Cc1ccc(CO)cc1N(Cc1ccccc1C#N)c1nc(Nc2ccc(N3CCNCC3)c(C[SH](=O)=O)c2)ncc1F. The molecule has 0 unspecified atom stereocenters. The van der Waals surface area contributed by atoms with Crippen molar-refractivity contribution >= 4 is 39.5 Å². The number of rotatable bonds is 10. The number of aryl methyl sites for hydroxylation is 1. The van der Waals surface area contributed by atoms with Gasteiger partial charge in [-0.05, 0) is 59.5 Å². The first-order valence-electron chi connectivity index (χ1n) is 13.8. The van der Waals surface area contributed by atoms with Crippen LogP contribution in [0.3, 0.4) is 0 Å². The average molecular weight is 602 g/mol. The van der Waals surface area contributed by atoms with Crippen molar-refractivity contribution in [2.75, 3.05) is 41.3 Å². The number of hydrogen-bond acceptors (Lipinski definition) is 10. The van der Waals surface area contributed by atoms with Crippen molar-refractivity contribution in [1.29, 1.82) is 5.26 Å². The van der Waals surface area contributed by atoms with Crippen LogP contribution in [-0.2, 0) is 29.6 Å². The van der Waals surface area contributed by atoms with E-state index in [1.54, 1.807) is 41.3 Å². The van der Waals surface area contributed by atoms with Crippen LogP contribution in [0.2, 0.25) is 0 Å². The van der Waals surface area contributed by atoms with Gasteiger partial charge in [-0.25, -0.2) is 17.8 Å². The summed E-state index contributed by atoms with van der Waals surface area (Å²) in [5.74, 6) is -0.708. The van der Waals surface area contributed by atoms with Crippen molar-refractivity contribution in [3.05, 3.63) is 100 Å². The zero-order valence-corrected chi connectivity index (χ0v) is 24.5. The van der Waals surface area contributed by atoms with Gasteiger partial charge in [0.2, 0.25) is 5.95 Å². The van der Waals surface area contributed by atoms with Crippen LogP contribution < -0.4 is 20.4 Å². The number of thiol groups is 1. The fourth-order valence-electron chi connectivity index (χ4n) is 5.14. The summed E-state index contributed by atoms with van der Waals surface area (Å²) >= 11 is 0. The molecule has 1 aromatic heterocycles. The van der Waals surface area contributed by atoms with E-state index < -0.39 is 16.5 Å². The van der Waals surface area contributed by atoms with E-state index in [0.717, 1.165) is 43.6 Å². The summed E-state index contributed by atoms with van der Waals surface area (Å²) in [4.78, 5) is 12.5. The van der Waals surface area contributed by atoms with Gasteiger partial charge in [-0.1, -0.05) is 30.3 Å². The second-order valence-electron chi connectivity index (χ2n) is 10.2. The number of nitriles is 1. The third kappa shape index (κ3) is 7.09. The van der Waals surface area contributed by atoms with Crippen molar-refractivity contribution in [2.45, 2.75) is 25.8 Å². The normalized spacial score (nSPS) is 13.1. The van der Waals surface area contributed by atoms with Crippen LogP contribution in [0.5, 0.6) is 0 Å². The Kier molecular flexibility index (Phi) is 9.46. The van der Waals surface area contributed by atoms with Crippen LogP contribution in [0.1, 0.15) is 27.8 Å². The number of aliphatic hydroxyl groups excluding tert-OH is 1. The lowest BCUT2D eigenvalue weighted by molar-refractivity contribution is 0.282. The Morgan fingerprint density at radius 3 is 2.65 bits per heavy atom. The number of benzene rings is 3. The molecule has 0 aliphatic carbocycles. The summed E-state index contributed by atoms with van der Waals surface area (Å²) in [5.41, 5.74) is 5.26. The first-order valence-corrected chi connectivity index (χ1v) is 15.2. The lowest BCUT2D eigenvalue weighted by Gasteiger charge is -2.31. The molecule has 3 N–H and O–H groups in total. The molecule has 222 valence electrons. The highest BCUT2D eigenvalue weighted by Gasteiger charge is 2.22. The molecule has 0 radical (unpaired) electrons. The van der Waals surface area contributed by atoms with Crippen molar-refractivity contribution < 1.29 is 17.9 Å². The van der Waals surface area contributed by atoms with Gasteiger partial charge in [-0.2, -0.15) is 10.2 Å². The lowest BCUT2D eigenvalue weighted by atomic mass is 10.1. The van der Waals surface area contributed by atoms with Crippen molar-refractivity contribution in [3.63, 3.8) is 0 Å². The maximum Gasteiger partial charge on any atom is 0.229 e. The third-order valence-electron chi connectivity index (χ3n) is 7.29. The van der Waals surface area contributed by atoms with Crippen molar-refractivity contribution in [3.8, 4) is 6.07 Å². The summed E-state index contributed by atoms with van der Waals surface area (Å²) in [5, 5.41) is 25.9. The zero-order valence-electron chi connectivity index (χ0n) is 23.6. The fraction of sp³-hybridized carbons (Fsp3) is 0.258. The Morgan fingerprint density at radius 1 is 1.12 bits per heavy atom. The van der Waals surface area contributed by atoms with Gasteiger partial charge in [0.05, 0.1) is 36.7 Å². The van der Waals surface area contributed by atoms with E-state index >= 15 is 4.39 Å². The van der Waals surface area contributed by atoms with E-state index in [2.05, 4.69) is 31.6 Å². The second kappa shape index (κ2) is 13.6. The molecule has 0 atom stereocenters. The molecule has 0 spiro atoms. The minimum Gasteiger partial charge on any atom is -0.392 e. The molecular weight excluding hydrogens is 569 g/mol. The number of anilines is 5. The topological polar surface area (TPSA) is 134 Å². The number of halogens is 1. The van der Waals surface area contributed by atoms with Gasteiger partial charge in [0, 0.05) is 43.2 Å². The molecular formula is C31H32FN7O3S. The maximum atomic E-state index is 15.5. The summed E-state index contributed by atoms with van der Waals surface area (Å²) < 4.78 is 38.9. The van der Waals surface area contributed by atoms with E-state index in [4.69, 9.17) is 0 Å². The van der Waals surface area contributed by atoms with E-state index in [9.17, 15) is 18.8 Å². The largest absolute Gasteiger partial charge is 0.392 e. The summed E-state index contributed by atoms with van der Waals surface area (Å²) in [6, 6.07) is 20.1. The molecule has 5 rings (SSSR count). The molecule has 1 aliphatic rings. The standard InChI is InChI=1S/C31H32FN7O3S/c1-21-6-7-22(19-40)14-29(21)39(18-24-5-3-2-4-23(24)16-33)30-27(32)17-35-31(37-30)36-26-8-9-28(25(15-26)20-43(41)42)38-12-10-34-11-13-38/h2-9,14-15,17,34,40,43H,10-13,18-20H2,1H3,(H,35,36,37). The molecule has 10 nitrogen and oxygen atoms in total. The van der Waals surface area contributed by atoms with Gasteiger partial charge in [-0.15, -0.1) is 0 Å². The smallest absolute Gasteiger partial charge is 0.229 e. The monoisotopic (exact) mass is 601 g/mol. The van der Waals surface area contributed by atoms with Crippen molar-refractivity contribution in [2.24, 2.45) is 0 Å². The highest BCUT2D eigenvalue weighted by molar-refractivity contribution is 7.71. The number of hydrogen-bond donors (Lipinski definition) is 4. The first kappa shape index (κ1) is 29.9. The van der Waals surface area contributed by atoms with E-state index in [0.29, 0.717) is 33.6 Å². The summed E-state index contributed by atoms with van der Waals surface area (Å²) in [7, 11) is -2.66. The Balaban J connectivity index is 1.53. The molecule has 0 saturated carbocycles. The summed E-state index contributed by atoms with van der Waals surface area (Å²) in [6.45, 7) is 4.96. The predicted molar refractivity (Wildman–Crippen MR) is 165 cm³/mol. The quantitative estimate of drug-likeness (QED) is 0.198. The number of piperazine rings is 1. The third-order valence-corrected chi connectivity index (χ3v) is 7.89. The number of nitrogens with zero attached hydrogens (tertiary/aromatic N) is 5. The van der Waals surface area contributed by atoms with Crippen LogP contribution in [0.15, 0.2) is 66.9 Å². The highest BCUT2D eigenvalue weighted by Crippen LogP contribution is 2.34. The van der Waals surface area contributed by atoms with E-state index in [-0.39, 0.29) is 30.7 Å². The van der Waals surface area contributed by atoms with Crippen molar-refractivity contribution in [1.82, 2.24) is 15.3 Å². The van der Waals surface area contributed by atoms with Gasteiger partial charge >= 0.3 is 0 Å². The molecule has 3 aromatic carbocycles. The Bertz CT molecular complexity index is 1730. The van der Waals surface area contributed by atoms with Gasteiger partial charge in [0.1, 0.15) is 10.7 Å². The van der Waals surface area contributed by atoms with Gasteiger partial charge in [0.25, 0.3) is 0 Å². The predicted octanol–water partition coefficient (Wildman–Crippen LogP) is 3.89. The molecule has 12 heteroatoms. The minimum absolute atomic E-state index is 0.0243. The Hall–Kier alpha value is -4.57. The zero-order chi connectivity index (χ0) is 30.3. The van der Waals surface area contributed by atoms with E-state index in [1.807, 2.05) is 31.2 Å². The van der Waals surface area contributed by atoms with Crippen LogP contribution in [0.4, 0.5) is 33.2 Å². The maximum absolute atomic E-state index is 15.5. The van der Waals surface area contributed by atoms with Crippen LogP contribution in [-0.4, -0.2) is 49.7 Å². The number of aromatic nitrogens is 2. The average Bonchev–Trinajstić information content (AvgIpc) is 3.02.